The number of carbonyl (C=O) groups excluding carboxylic acids is 3. The van der Waals surface area contributed by atoms with Crippen LogP contribution < -0.4 is 5.32 Å². The van der Waals surface area contributed by atoms with Gasteiger partial charge in [0.2, 0.25) is 5.91 Å². The van der Waals surface area contributed by atoms with E-state index in [1.807, 2.05) is 19.9 Å². The van der Waals surface area contributed by atoms with Crippen LogP contribution in [0.25, 0.3) is 0 Å². The summed E-state index contributed by atoms with van der Waals surface area (Å²) in [7, 11) is -3.15. The van der Waals surface area contributed by atoms with Crippen molar-refractivity contribution in [3.8, 4) is 0 Å². The summed E-state index contributed by atoms with van der Waals surface area (Å²) in [6, 6.07) is 7.96. The van der Waals surface area contributed by atoms with Gasteiger partial charge in [-0.2, -0.15) is 0 Å². The van der Waals surface area contributed by atoms with Gasteiger partial charge < -0.3 is 10.2 Å². The van der Waals surface area contributed by atoms with E-state index < -0.39 is 45.8 Å². The van der Waals surface area contributed by atoms with Gasteiger partial charge in [0.05, 0.1) is 11.5 Å². The first-order chi connectivity index (χ1) is 13.7. The number of hydrogen-bond donors (Lipinski definition) is 1. The molecule has 2 aliphatic rings. The summed E-state index contributed by atoms with van der Waals surface area (Å²) in [5.41, 5.74) is -0.520. The number of hydrogen-bond acceptors (Lipinski definition) is 5. The normalized spacial score (nSPS) is 25.9. The van der Waals surface area contributed by atoms with E-state index in [1.54, 1.807) is 24.3 Å². The predicted octanol–water partition coefficient (Wildman–Crippen LogP) is 1.27. The first kappa shape index (κ1) is 21.3. The van der Waals surface area contributed by atoms with E-state index in [0.717, 1.165) is 4.90 Å². The maximum atomic E-state index is 13.2. The molecule has 9 heteroatoms. The Bertz CT molecular complexity index is 902. The van der Waals surface area contributed by atoms with Gasteiger partial charge in [-0.25, -0.2) is 13.2 Å². The quantitative estimate of drug-likeness (QED) is 0.668. The Kier molecular flexibility index (Phi) is 5.97. The van der Waals surface area contributed by atoms with Crippen LogP contribution in [-0.2, 0) is 25.0 Å². The van der Waals surface area contributed by atoms with Crippen molar-refractivity contribution in [3.05, 3.63) is 35.9 Å². The molecule has 0 radical (unpaired) electrons. The van der Waals surface area contributed by atoms with Gasteiger partial charge in [0.25, 0.3) is 5.91 Å². The van der Waals surface area contributed by atoms with Crippen LogP contribution in [0.2, 0.25) is 0 Å². The molecule has 8 nitrogen and oxygen atoms in total. The van der Waals surface area contributed by atoms with Crippen molar-refractivity contribution in [2.24, 2.45) is 0 Å². The molecule has 2 atom stereocenters. The van der Waals surface area contributed by atoms with Crippen LogP contribution in [0.15, 0.2) is 30.3 Å². The van der Waals surface area contributed by atoms with Crippen LogP contribution >= 0.6 is 0 Å². The number of urea groups is 1. The Morgan fingerprint density at radius 1 is 1.24 bits per heavy atom. The van der Waals surface area contributed by atoms with Crippen LogP contribution in [0.1, 0.15) is 38.7 Å². The molecule has 1 N–H and O–H groups in total. The minimum Gasteiger partial charge on any atom is -0.337 e. The van der Waals surface area contributed by atoms with Crippen molar-refractivity contribution >= 4 is 27.7 Å². The third-order valence-electron chi connectivity index (χ3n) is 5.70. The molecule has 0 saturated carbocycles. The highest BCUT2D eigenvalue weighted by atomic mass is 32.2. The summed E-state index contributed by atoms with van der Waals surface area (Å²) in [4.78, 5) is 41.2. The number of nitrogens with one attached hydrogen (secondary N) is 1. The first-order valence-electron chi connectivity index (χ1n) is 9.93. The number of sulfone groups is 1. The largest absolute Gasteiger partial charge is 0.337 e. The second kappa shape index (κ2) is 8.14. The number of imide groups is 1. The Morgan fingerprint density at radius 2 is 1.93 bits per heavy atom. The molecule has 4 amide bonds. The van der Waals surface area contributed by atoms with E-state index in [9.17, 15) is 22.8 Å². The second-order valence-corrected chi connectivity index (χ2v) is 9.82. The lowest BCUT2D eigenvalue weighted by Gasteiger charge is -2.30. The van der Waals surface area contributed by atoms with Crippen LogP contribution in [0.3, 0.4) is 0 Å². The molecular weight excluding hydrogens is 394 g/mol. The summed E-state index contributed by atoms with van der Waals surface area (Å²) < 4.78 is 23.7. The fraction of sp³-hybridized carbons (Fsp3) is 0.550. The first-order valence-corrected chi connectivity index (χ1v) is 11.8. The second-order valence-electron chi connectivity index (χ2n) is 7.59. The van der Waals surface area contributed by atoms with Gasteiger partial charge in [0, 0.05) is 12.6 Å². The SMILES string of the molecule is CCCN(C(=O)CN1C(=O)N[C@](CC)(c2ccccc2)C1=O)[C@@H]1CCS(=O)(=O)C1. The number of carbonyl (C=O) groups is 3. The Balaban J connectivity index is 1.80. The standard InChI is InChI=1S/C20H27N3O5S/c1-3-11-22(16-10-12-29(27,28)14-16)17(24)13-23-18(25)20(4-2,21-19(23)26)15-8-6-5-7-9-15/h5-9,16H,3-4,10-14H2,1-2H3,(H,21,26)/t16-,20-/m1/s1. The monoisotopic (exact) mass is 421 g/mol. The van der Waals surface area contributed by atoms with Crippen molar-refractivity contribution in [3.63, 3.8) is 0 Å². The average molecular weight is 422 g/mol. The van der Waals surface area contributed by atoms with Crippen LogP contribution in [-0.4, -0.2) is 66.7 Å². The maximum absolute atomic E-state index is 13.2. The summed E-state index contributed by atoms with van der Waals surface area (Å²) >= 11 is 0. The molecule has 1 aromatic carbocycles. The minimum atomic E-state index is -3.15. The summed E-state index contributed by atoms with van der Waals surface area (Å²) in [6.45, 7) is 3.70. The van der Waals surface area contributed by atoms with Gasteiger partial charge in [0.1, 0.15) is 12.1 Å². The van der Waals surface area contributed by atoms with E-state index in [0.29, 0.717) is 31.4 Å². The molecule has 158 valence electrons. The summed E-state index contributed by atoms with van der Waals surface area (Å²) in [5, 5.41) is 2.76. The van der Waals surface area contributed by atoms with Crippen LogP contribution in [0.4, 0.5) is 4.79 Å². The average Bonchev–Trinajstić information content (AvgIpc) is 3.18. The maximum Gasteiger partial charge on any atom is 0.325 e. The Hall–Kier alpha value is -2.42. The molecule has 0 bridgehead atoms. The van der Waals surface area contributed by atoms with Gasteiger partial charge in [0.15, 0.2) is 9.84 Å². The van der Waals surface area contributed by atoms with Crippen molar-refractivity contribution in [2.75, 3.05) is 24.6 Å². The minimum absolute atomic E-state index is 0.0568. The van der Waals surface area contributed by atoms with E-state index >= 15 is 0 Å². The molecule has 3 rings (SSSR count). The smallest absolute Gasteiger partial charge is 0.325 e. The van der Waals surface area contributed by atoms with Gasteiger partial charge >= 0.3 is 6.03 Å². The highest BCUT2D eigenvalue weighted by molar-refractivity contribution is 7.91. The molecule has 2 aliphatic heterocycles. The van der Waals surface area contributed by atoms with E-state index in [-0.39, 0.29) is 11.5 Å². The van der Waals surface area contributed by atoms with E-state index in [4.69, 9.17) is 0 Å². The number of amides is 4. The lowest BCUT2D eigenvalue weighted by molar-refractivity contribution is -0.140. The topological polar surface area (TPSA) is 104 Å². The lowest BCUT2D eigenvalue weighted by Crippen LogP contribution is -2.48. The van der Waals surface area contributed by atoms with Gasteiger partial charge in [-0.05, 0) is 24.8 Å². The fourth-order valence-electron chi connectivity index (χ4n) is 4.13. The fourth-order valence-corrected chi connectivity index (χ4v) is 5.86. The molecular formula is C20H27N3O5S. The van der Waals surface area contributed by atoms with Gasteiger partial charge in [-0.3, -0.25) is 14.5 Å². The zero-order valence-electron chi connectivity index (χ0n) is 16.8. The number of benzene rings is 1. The van der Waals surface area contributed by atoms with Crippen molar-refractivity contribution in [2.45, 2.75) is 44.7 Å². The molecule has 29 heavy (non-hydrogen) atoms. The van der Waals surface area contributed by atoms with Gasteiger partial charge in [-0.1, -0.05) is 44.2 Å². The molecule has 2 fully saturated rings. The molecule has 0 spiro atoms. The molecule has 0 unspecified atom stereocenters. The zero-order chi connectivity index (χ0) is 21.2. The number of rotatable bonds is 7. The van der Waals surface area contributed by atoms with Gasteiger partial charge in [-0.15, -0.1) is 0 Å². The Morgan fingerprint density at radius 3 is 2.48 bits per heavy atom. The van der Waals surface area contributed by atoms with Crippen LogP contribution in [0, 0.1) is 0 Å². The van der Waals surface area contributed by atoms with Crippen LogP contribution in [0.5, 0.6) is 0 Å². The molecule has 2 saturated heterocycles. The molecule has 0 aromatic heterocycles. The summed E-state index contributed by atoms with van der Waals surface area (Å²) in [6.07, 6.45) is 1.40. The third-order valence-corrected chi connectivity index (χ3v) is 7.45. The van der Waals surface area contributed by atoms with Crippen molar-refractivity contribution in [1.82, 2.24) is 15.1 Å². The van der Waals surface area contributed by atoms with E-state index in [1.165, 1.54) is 4.90 Å². The molecule has 0 aliphatic carbocycles. The van der Waals surface area contributed by atoms with E-state index in [2.05, 4.69) is 5.32 Å². The van der Waals surface area contributed by atoms with Crippen molar-refractivity contribution in [1.29, 1.82) is 0 Å². The molecule has 1 aromatic rings. The molecule has 2 heterocycles. The number of nitrogens with zero attached hydrogens (tertiary/aromatic N) is 2. The third kappa shape index (κ3) is 4.01. The summed E-state index contributed by atoms with van der Waals surface area (Å²) in [5.74, 6) is -0.874. The Labute approximate surface area is 171 Å². The lowest BCUT2D eigenvalue weighted by atomic mass is 9.87. The van der Waals surface area contributed by atoms with Crippen molar-refractivity contribution < 1.29 is 22.8 Å². The zero-order valence-corrected chi connectivity index (χ0v) is 17.6. The highest BCUT2D eigenvalue weighted by Crippen LogP contribution is 2.32. The predicted molar refractivity (Wildman–Crippen MR) is 108 cm³/mol. The highest BCUT2D eigenvalue weighted by Gasteiger charge is 2.52.